The van der Waals surface area contributed by atoms with Crippen molar-refractivity contribution in [2.24, 2.45) is 0 Å². The van der Waals surface area contributed by atoms with Crippen molar-refractivity contribution in [1.29, 1.82) is 0 Å². The van der Waals surface area contributed by atoms with Gasteiger partial charge in [0.1, 0.15) is 0 Å². The van der Waals surface area contributed by atoms with Gasteiger partial charge in [0.25, 0.3) is 0 Å². The molecule has 0 bridgehead atoms. The predicted octanol–water partition coefficient (Wildman–Crippen LogP) is 2.11. The van der Waals surface area contributed by atoms with E-state index in [9.17, 15) is 0 Å². The van der Waals surface area contributed by atoms with Gasteiger partial charge in [-0.2, -0.15) is 0 Å². The summed E-state index contributed by atoms with van der Waals surface area (Å²) in [7, 11) is 0. The molecule has 0 aliphatic carbocycles. The normalized spacial score (nSPS) is 9.43. The van der Waals surface area contributed by atoms with Crippen LogP contribution in [0.5, 0.6) is 0 Å². The molecule has 0 aromatic carbocycles. The fourth-order valence-electron chi connectivity index (χ4n) is 0.266. The molecule has 0 radical (unpaired) electrons. The standard InChI is InChI=1S/C4H2BrISe/c5-3-1-7-2-4(3)6/h1-2H. The third-order valence-electron chi connectivity index (χ3n) is 0.571. The van der Waals surface area contributed by atoms with Crippen molar-refractivity contribution in [2.45, 2.75) is 0 Å². The molecular formula is C4H2BrISe. The summed E-state index contributed by atoms with van der Waals surface area (Å²) in [6, 6.07) is 0. The van der Waals surface area contributed by atoms with Crippen LogP contribution in [0.15, 0.2) is 14.4 Å². The Hall–Kier alpha value is 1.21. The number of hydrogen-bond donors (Lipinski definition) is 0. The van der Waals surface area contributed by atoms with E-state index in [-0.39, 0.29) is 0 Å². The maximum atomic E-state index is 3.40. The Balaban J connectivity index is 3.12. The number of halogens is 2. The molecule has 38 valence electrons. The quantitative estimate of drug-likeness (QED) is 0.503. The van der Waals surface area contributed by atoms with Crippen LogP contribution in [0.4, 0.5) is 0 Å². The Morgan fingerprint density at radius 1 is 1.57 bits per heavy atom. The second-order valence-corrected chi connectivity index (χ2v) is 4.64. The topological polar surface area (TPSA) is 0 Å². The molecule has 1 heterocycles. The third-order valence-corrected chi connectivity index (χ3v) is 6.05. The average Bonchev–Trinajstić information content (AvgIpc) is 1.91. The monoisotopic (exact) mass is 336 g/mol. The molecule has 0 fully saturated rings. The SMILES string of the molecule is Brc1c[se]cc1I. The van der Waals surface area contributed by atoms with Crippen molar-refractivity contribution >= 4 is 53.0 Å². The van der Waals surface area contributed by atoms with E-state index in [0.717, 1.165) is 0 Å². The van der Waals surface area contributed by atoms with Crippen LogP contribution in [0.25, 0.3) is 0 Å². The third kappa shape index (κ3) is 1.56. The molecule has 0 atom stereocenters. The second-order valence-electron chi connectivity index (χ2n) is 1.07. The summed E-state index contributed by atoms with van der Waals surface area (Å²) in [6.07, 6.45) is 0. The molecular weight excluding hydrogens is 334 g/mol. The summed E-state index contributed by atoms with van der Waals surface area (Å²) in [6.45, 7) is 0. The summed E-state index contributed by atoms with van der Waals surface area (Å²) < 4.78 is 2.63. The van der Waals surface area contributed by atoms with E-state index >= 15 is 0 Å². The summed E-state index contributed by atoms with van der Waals surface area (Å²) in [5.41, 5.74) is 0. The summed E-state index contributed by atoms with van der Waals surface area (Å²) in [5, 5.41) is 0. The van der Waals surface area contributed by atoms with Crippen molar-refractivity contribution in [1.82, 2.24) is 0 Å². The predicted molar refractivity (Wildman–Crippen MR) is 43.8 cm³/mol. The average molecular weight is 336 g/mol. The van der Waals surface area contributed by atoms with Gasteiger partial charge in [-0.05, 0) is 0 Å². The van der Waals surface area contributed by atoms with Crippen LogP contribution in [0.2, 0.25) is 0 Å². The molecule has 0 amide bonds. The molecule has 1 aromatic rings. The first-order valence-electron chi connectivity index (χ1n) is 1.68. The van der Waals surface area contributed by atoms with Gasteiger partial charge in [-0.15, -0.1) is 0 Å². The van der Waals surface area contributed by atoms with Crippen LogP contribution in [0.1, 0.15) is 0 Å². The molecule has 1 aromatic heterocycles. The molecule has 0 unspecified atom stereocenters. The molecule has 0 spiro atoms. The van der Waals surface area contributed by atoms with Crippen LogP contribution in [0.3, 0.4) is 0 Å². The van der Waals surface area contributed by atoms with Gasteiger partial charge in [-0.1, -0.05) is 0 Å². The molecule has 7 heavy (non-hydrogen) atoms. The van der Waals surface area contributed by atoms with E-state index in [1.807, 2.05) is 0 Å². The molecule has 0 aliphatic heterocycles. The molecule has 0 saturated carbocycles. The van der Waals surface area contributed by atoms with E-state index < -0.39 is 0 Å². The van der Waals surface area contributed by atoms with Gasteiger partial charge in [-0.3, -0.25) is 0 Å². The Morgan fingerprint density at radius 2 is 2.29 bits per heavy atom. The van der Waals surface area contributed by atoms with E-state index in [1.165, 1.54) is 8.04 Å². The summed E-state index contributed by atoms with van der Waals surface area (Å²) in [5.74, 6) is 0. The first-order chi connectivity index (χ1) is 3.30. The molecule has 0 nitrogen and oxygen atoms in total. The van der Waals surface area contributed by atoms with Crippen LogP contribution >= 0.6 is 38.5 Å². The van der Waals surface area contributed by atoms with Crippen molar-refractivity contribution < 1.29 is 0 Å². The van der Waals surface area contributed by atoms with Crippen LogP contribution < -0.4 is 0 Å². The Bertz CT molecular complexity index is 144. The van der Waals surface area contributed by atoms with Crippen molar-refractivity contribution in [2.75, 3.05) is 0 Å². The van der Waals surface area contributed by atoms with Crippen molar-refractivity contribution in [3.63, 3.8) is 0 Å². The summed E-state index contributed by atoms with van der Waals surface area (Å²) in [4.78, 5) is 4.46. The van der Waals surface area contributed by atoms with Gasteiger partial charge in [0, 0.05) is 0 Å². The van der Waals surface area contributed by atoms with Gasteiger partial charge in [0.2, 0.25) is 0 Å². The molecule has 1 rings (SSSR count). The van der Waals surface area contributed by atoms with Crippen molar-refractivity contribution in [3.05, 3.63) is 17.9 Å². The zero-order chi connectivity index (χ0) is 5.28. The number of rotatable bonds is 0. The van der Waals surface area contributed by atoms with E-state index in [0.29, 0.717) is 14.5 Å². The first kappa shape index (κ1) is 6.33. The number of hydrogen-bond acceptors (Lipinski definition) is 0. The van der Waals surface area contributed by atoms with E-state index in [4.69, 9.17) is 0 Å². The fraction of sp³-hybridized carbons (Fsp3) is 0. The van der Waals surface area contributed by atoms with Gasteiger partial charge in [0.05, 0.1) is 0 Å². The van der Waals surface area contributed by atoms with Crippen molar-refractivity contribution in [3.8, 4) is 0 Å². The first-order valence-corrected chi connectivity index (χ1v) is 5.53. The zero-order valence-electron chi connectivity index (χ0n) is 3.32. The molecule has 3 heteroatoms. The molecule has 0 N–H and O–H groups in total. The van der Waals surface area contributed by atoms with Gasteiger partial charge >= 0.3 is 70.9 Å². The van der Waals surface area contributed by atoms with Crippen LogP contribution in [0, 0.1) is 3.57 Å². The van der Waals surface area contributed by atoms with Crippen LogP contribution in [-0.4, -0.2) is 14.5 Å². The Morgan fingerprint density at radius 3 is 2.43 bits per heavy atom. The fourth-order valence-corrected chi connectivity index (χ4v) is 3.85. The van der Waals surface area contributed by atoms with Gasteiger partial charge in [-0.25, -0.2) is 0 Å². The Labute approximate surface area is 70.3 Å². The van der Waals surface area contributed by atoms with E-state index in [1.54, 1.807) is 0 Å². The molecule has 0 saturated heterocycles. The van der Waals surface area contributed by atoms with Crippen LogP contribution in [-0.2, 0) is 0 Å². The molecule has 0 aliphatic rings. The maximum absolute atomic E-state index is 3.40. The Kier molecular flexibility index (Phi) is 2.41. The van der Waals surface area contributed by atoms with Gasteiger partial charge < -0.3 is 0 Å². The second kappa shape index (κ2) is 2.67. The van der Waals surface area contributed by atoms with Gasteiger partial charge in [0.15, 0.2) is 0 Å². The van der Waals surface area contributed by atoms with E-state index in [2.05, 4.69) is 48.4 Å². The minimum absolute atomic E-state index is 0.634. The summed E-state index contributed by atoms with van der Waals surface area (Å²) >= 11 is 6.36. The zero-order valence-corrected chi connectivity index (χ0v) is 8.78. The minimum atomic E-state index is 0.634.